The molecular formula is C20H36O4. The topological polar surface area (TPSA) is 63.6 Å². The van der Waals surface area contributed by atoms with E-state index in [1.54, 1.807) is 0 Å². The number of carbonyl (C=O) groups excluding carboxylic acids is 1. The highest BCUT2D eigenvalue weighted by atomic mass is 16.5. The molecule has 0 fully saturated rings. The van der Waals surface area contributed by atoms with E-state index in [1.165, 1.54) is 25.7 Å². The predicted octanol–water partition coefficient (Wildman–Crippen LogP) is 5.65. The van der Waals surface area contributed by atoms with Gasteiger partial charge in [-0.05, 0) is 25.7 Å². The minimum atomic E-state index is -0.708. The Hall–Kier alpha value is -1.32. The summed E-state index contributed by atoms with van der Waals surface area (Å²) in [5.74, 6) is -0.813. The van der Waals surface area contributed by atoms with E-state index < -0.39 is 5.97 Å². The van der Waals surface area contributed by atoms with Crippen molar-refractivity contribution in [1.29, 1.82) is 0 Å². The number of hydrogen-bond acceptors (Lipinski definition) is 3. The Labute approximate surface area is 147 Å². The van der Waals surface area contributed by atoms with E-state index in [0.717, 1.165) is 51.4 Å². The quantitative estimate of drug-likeness (QED) is 0.211. The lowest BCUT2D eigenvalue weighted by molar-refractivity contribution is -0.142. The van der Waals surface area contributed by atoms with Gasteiger partial charge >= 0.3 is 11.9 Å². The monoisotopic (exact) mass is 340 g/mol. The first-order valence-electron chi connectivity index (χ1n) is 9.69. The van der Waals surface area contributed by atoms with Crippen molar-refractivity contribution < 1.29 is 19.4 Å². The largest absolute Gasteiger partial charge is 0.481 e. The number of unbranched alkanes of at least 4 members (excludes halogenated alkanes) is 10. The zero-order chi connectivity index (χ0) is 17.9. The van der Waals surface area contributed by atoms with Gasteiger partial charge in [-0.3, -0.25) is 9.59 Å². The average molecular weight is 341 g/mol. The first-order valence-corrected chi connectivity index (χ1v) is 9.69. The second-order valence-corrected chi connectivity index (χ2v) is 6.37. The molecule has 0 radical (unpaired) electrons. The molecular weight excluding hydrogens is 304 g/mol. The fourth-order valence-corrected chi connectivity index (χ4v) is 2.52. The minimum absolute atomic E-state index is 0.105. The number of carboxylic acid groups (broad SMARTS) is 1. The summed E-state index contributed by atoms with van der Waals surface area (Å²) in [6.45, 7) is 2.61. The van der Waals surface area contributed by atoms with Gasteiger partial charge in [0.2, 0.25) is 0 Å². The summed E-state index contributed by atoms with van der Waals surface area (Å²) < 4.78 is 5.17. The Kier molecular flexibility index (Phi) is 17.0. The van der Waals surface area contributed by atoms with Crippen LogP contribution in [-0.2, 0) is 14.3 Å². The zero-order valence-electron chi connectivity index (χ0n) is 15.4. The normalized spacial score (nSPS) is 11.0. The Bertz CT molecular complexity index is 337. The smallest absolute Gasteiger partial charge is 0.306 e. The summed E-state index contributed by atoms with van der Waals surface area (Å²) >= 11 is 0. The van der Waals surface area contributed by atoms with E-state index >= 15 is 0 Å². The third kappa shape index (κ3) is 18.7. The van der Waals surface area contributed by atoms with Crippen molar-refractivity contribution in [2.45, 2.75) is 96.8 Å². The Morgan fingerprint density at radius 3 is 2.00 bits per heavy atom. The lowest BCUT2D eigenvalue weighted by Crippen LogP contribution is -2.04. The average Bonchev–Trinajstić information content (AvgIpc) is 2.55. The van der Waals surface area contributed by atoms with Gasteiger partial charge in [-0.25, -0.2) is 0 Å². The minimum Gasteiger partial charge on any atom is -0.481 e. The van der Waals surface area contributed by atoms with Crippen LogP contribution in [0.1, 0.15) is 96.8 Å². The van der Waals surface area contributed by atoms with Gasteiger partial charge in [0.15, 0.2) is 0 Å². The zero-order valence-corrected chi connectivity index (χ0v) is 15.4. The molecule has 0 amide bonds. The van der Waals surface area contributed by atoms with Crippen LogP contribution < -0.4 is 0 Å². The van der Waals surface area contributed by atoms with Crippen molar-refractivity contribution in [3.05, 3.63) is 12.2 Å². The first-order chi connectivity index (χ1) is 11.7. The summed E-state index contributed by atoms with van der Waals surface area (Å²) in [5.41, 5.74) is 0. The number of aliphatic carboxylic acids is 1. The molecule has 4 nitrogen and oxygen atoms in total. The van der Waals surface area contributed by atoms with Crippen molar-refractivity contribution in [2.75, 3.05) is 6.61 Å². The molecule has 0 unspecified atom stereocenters. The number of carboxylic acids is 1. The van der Waals surface area contributed by atoms with Crippen LogP contribution in [0, 0.1) is 0 Å². The molecule has 0 rings (SSSR count). The fraction of sp³-hybridized carbons (Fsp3) is 0.800. The molecule has 0 atom stereocenters. The molecule has 0 aliphatic heterocycles. The number of rotatable bonds is 17. The predicted molar refractivity (Wildman–Crippen MR) is 98.0 cm³/mol. The van der Waals surface area contributed by atoms with Crippen LogP contribution in [0.25, 0.3) is 0 Å². The van der Waals surface area contributed by atoms with Crippen LogP contribution in [0.15, 0.2) is 12.2 Å². The molecule has 0 saturated carbocycles. The van der Waals surface area contributed by atoms with Gasteiger partial charge in [-0.1, -0.05) is 70.4 Å². The number of ether oxygens (including phenoxy) is 1. The number of esters is 1. The molecule has 140 valence electrons. The molecule has 0 aliphatic carbocycles. The van der Waals surface area contributed by atoms with Crippen molar-refractivity contribution in [3.63, 3.8) is 0 Å². The Morgan fingerprint density at radius 1 is 0.792 bits per heavy atom. The third-order valence-corrected chi connectivity index (χ3v) is 4.00. The lowest BCUT2D eigenvalue weighted by atomic mass is 10.1. The maximum Gasteiger partial charge on any atom is 0.306 e. The van der Waals surface area contributed by atoms with E-state index in [4.69, 9.17) is 9.84 Å². The van der Waals surface area contributed by atoms with E-state index in [1.807, 2.05) is 6.08 Å². The van der Waals surface area contributed by atoms with Crippen molar-refractivity contribution in [2.24, 2.45) is 0 Å². The van der Waals surface area contributed by atoms with Crippen LogP contribution in [-0.4, -0.2) is 23.7 Å². The van der Waals surface area contributed by atoms with Gasteiger partial charge < -0.3 is 9.84 Å². The molecule has 0 saturated heterocycles. The third-order valence-electron chi connectivity index (χ3n) is 4.00. The van der Waals surface area contributed by atoms with Gasteiger partial charge in [0.05, 0.1) is 0 Å². The molecule has 0 heterocycles. The molecule has 0 aliphatic rings. The van der Waals surface area contributed by atoms with E-state index in [-0.39, 0.29) is 12.4 Å². The summed E-state index contributed by atoms with van der Waals surface area (Å²) in [6.07, 6.45) is 17.9. The van der Waals surface area contributed by atoms with Crippen LogP contribution in [0.4, 0.5) is 0 Å². The summed E-state index contributed by atoms with van der Waals surface area (Å²) in [6, 6.07) is 0. The van der Waals surface area contributed by atoms with Crippen LogP contribution in [0.2, 0.25) is 0 Å². The second-order valence-electron chi connectivity index (χ2n) is 6.37. The molecule has 0 aromatic rings. The standard InChI is InChI=1S/C20H36O4/c1-2-3-4-5-9-12-15-18-24-20(23)17-14-11-8-6-7-10-13-16-19(21)22/h12,15H,2-11,13-14,16-18H2,1H3,(H,21,22)/b15-12-. The van der Waals surface area contributed by atoms with E-state index in [9.17, 15) is 9.59 Å². The highest BCUT2D eigenvalue weighted by Crippen LogP contribution is 2.10. The second kappa shape index (κ2) is 18.0. The molecule has 0 spiro atoms. The molecule has 0 aromatic heterocycles. The van der Waals surface area contributed by atoms with Gasteiger partial charge in [-0.15, -0.1) is 0 Å². The molecule has 0 aromatic carbocycles. The highest BCUT2D eigenvalue weighted by Gasteiger charge is 2.01. The van der Waals surface area contributed by atoms with Gasteiger partial charge in [-0.2, -0.15) is 0 Å². The maximum absolute atomic E-state index is 11.5. The van der Waals surface area contributed by atoms with Crippen LogP contribution in [0.3, 0.4) is 0 Å². The van der Waals surface area contributed by atoms with Gasteiger partial charge in [0.25, 0.3) is 0 Å². The van der Waals surface area contributed by atoms with Crippen molar-refractivity contribution >= 4 is 11.9 Å². The number of carbonyl (C=O) groups is 2. The molecule has 4 heteroatoms. The molecule has 24 heavy (non-hydrogen) atoms. The van der Waals surface area contributed by atoms with Gasteiger partial charge in [0.1, 0.15) is 6.61 Å². The van der Waals surface area contributed by atoms with Crippen molar-refractivity contribution in [3.8, 4) is 0 Å². The Morgan fingerprint density at radius 2 is 1.38 bits per heavy atom. The van der Waals surface area contributed by atoms with E-state index in [0.29, 0.717) is 13.0 Å². The fourth-order valence-electron chi connectivity index (χ4n) is 2.52. The molecule has 1 N–H and O–H groups in total. The van der Waals surface area contributed by atoms with Crippen molar-refractivity contribution in [1.82, 2.24) is 0 Å². The number of hydrogen-bond donors (Lipinski definition) is 1. The lowest BCUT2D eigenvalue weighted by Gasteiger charge is -2.03. The van der Waals surface area contributed by atoms with Crippen LogP contribution in [0.5, 0.6) is 0 Å². The number of allylic oxidation sites excluding steroid dienone is 1. The summed E-state index contributed by atoms with van der Waals surface area (Å²) in [5, 5.41) is 8.53. The van der Waals surface area contributed by atoms with Crippen LogP contribution >= 0.6 is 0 Å². The summed E-state index contributed by atoms with van der Waals surface area (Å²) in [7, 11) is 0. The SMILES string of the molecule is CCCCCC/C=C\COC(=O)CCCCCCCCCC(=O)O. The molecule has 0 bridgehead atoms. The highest BCUT2D eigenvalue weighted by molar-refractivity contribution is 5.69. The van der Waals surface area contributed by atoms with E-state index in [2.05, 4.69) is 13.0 Å². The first kappa shape index (κ1) is 22.7. The van der Waals surface area contributed by atoms with Gasteiger partial charge in [0, 0.05) is 12.8 Å². The summed E-state index contributed by atoms with van der Waals surface area (Å²) in [4.78, 5) is 21.9. The Balaban J connectivity index is 3.26. The maximum atomic E-state index is 11.5.